The molecule has 0 spiro atoms. The second kappa shape index (κ2) is 6.38. The topological polar surface area (TPSA) is 0 Å². The molecule has 0 amide bonds. The molecule has 1 heteroatoms. The third-order valence-electron chi connectivity index (χ3n) is 5.31. The van der Waals surface area contributed by atoms with Crippen molar-refractivity contribution in [2.45, 2.75) is 43.4 Å². The number of benzene rings is 3. The summed E-state index contributed by atoms with van der Waals surface area (Å²) in [5.74, 6) is 1.52. The fraction of sp³-hybridized carbons (Fsp3) is 0.250. The standard InChI is InChI=1S/C24H25S/c1-5-25-21-12-8-6-10-19(21)24(20-11-7-9-13-22(20)25)23-17(3)14-16(2)15-18(23)4/h6-15,24H,5H2,1-4H3/q+1. The van der Waals surface area contributed by atoms with Crippen LogP contribution in [0.15, 0.2) is 70.5 Å². The molecule has 4 rings (SSSR count). The van der Waals surface area contributed by atoms with Crippen molar-refractivity contribution in [3.05, 3.63) is 94.0 Å². The SMILES string of the molecule is CC[S+]1c2ccccc2C(c2c(C)cc(C)cc2C)c2ccccc21. The quantitative estimate of drug-likeness (QED) is 0.488. The molecule has 0 nitrogen and oxygen atoms in total. The highest BCUT2D eigenvalue weighted by molar-refractivity contribution is 7.97. The lowest BCUT2D eigenvalue weighted by molar-refractivity contribution is 0.875. The first-order valence-corrected chi connectivity index (χ1v) is 10.5. The zero-order chi connectivity index (χ0) is 17.6. The zero-order valence-corrected chi connectivity index (χ0v) is 16.3. The molecule has 0 N–H and O–H groups in total. The second-order valence-electron chi connectivity index (χ2n) is 7.00. The summed E-state index contributed by atoms with van der Waals surface area (Å²) in [5.41, 5.74) is 8.66. The Hall–Kier alpha value is -1.99. The summed E-state index contributed by atoms with van der Waals surface area (Å²) in [7, 11) is 0.186. The van der Waals surface area contributed by atoms with Gasteiger partial charge in [-0.3, -0.25) is 0 Å². The van der Waals surface area contributed by atoms with Gasteiger partial charge >= 0.3 is 0 Å². The number of hydrogen-bond acceptors (Lipinski definition) is 0. The lowest BCUT2D eigenvalue weighted by atomic mass is 9.80. The summed E-state index contributed by atoms with van der Waals surface area (Å²) in [4.78, 5) is 3.07. The average molecular weight is 346 g/mol. The van der Waals surface area contributed by atoms with E-state index in [1.807, 2.05) is 0 Å². The molecule has 1 aliphatic rings. The minimum Gasteiger partial charge on any atom is -0.0616 e. The summed E-state index contributed by atoms with van der Waals surface area (Å²) in [6, 6.07) is 22.9. The molecule has 0 saturated carbocycles. The highest BCUT2D eigenvalue weighted by Crippen LogP contribution is 2.47. The lowest BCUT2D eigenvalue weighted by Gasteiger charge is -2.29. The molecule has 3 aromatic carbocycles. The molecule has 126 valence electrons. The minimum absolute atomic E-state index is 0.186. The Labute approximate surface area is 154 Å². The number of fused-ring (bicyclic) bond motifs is 2. The first-order chi connectivity index (χ1) is 12.1. The Morgan fingerprint density at radius 1 is 0.760 bits per heavy atom. The van der Waals surface area contributed by atoms with Gasteiger partial charge in [-0.1, -0.05) is 54.1 Å². The van der Waals surface area contributed by atoms with Crippen LogP contribution in [0.4, 0.5) is 0 Å². The van der Waals surface area contributed by atoms with E-state index in [1.165, 1.54) is 48.9 Å². The highest BCUT2D eigenvalue weighted by atomic mass is 32.2. The molecular weight excluding hydrogens is 320 g/mol. The molecule has 0 fully saturated rings. The first-order valence-electron chi connectivity index (χ1n) is 9.08. The molecule has 25 heavy (non-hydrogen) atoms. The van der Waals surface area contributed by atoms with E-state index in [0.29, 0.717) is 5.92 Å². The van der Waals surface area contributed by atoms with Gasteiger partial charge in [-0.05, 0) is 56.5 Å². The van der Waals surface area contributed by atoms with Crippen molar-refractivity contribution in [2.24, 2.45) is 0 Å². The molecule has 3 aromatic rings. The van der Waals surface area contributed by atoms with Gasteiger partial charge in [0.2, 0.25) is 0 Å². The number of aryl methyl sites for hydroxylation is 3. The summed E-state index contributed by atoms with van der Waals surface area (Å²) < 4.78 is 0. The molecule has 0 aliphatic carbocycles. The van der Waals surface area contributed by atoms with Crippen molar-refractivity contribution >= 4 is 10.9 Å². The Morgan fingerprint density at radius 2 is 1.24 bits per heavy atom. The van der Waals surface area contributed by atoms with Gasteiger partial charge in [0, 0.05) is 17.0 Å². The minimum atomic E-state index is 0.186. The number of rotatable bonds is 2. The molecular formula is C24H25S+. The van der Waals surface area contributed by atoms with Gasteiger partial charge in [0.15, 0.2) is 9.79 Å². The normalized spacial score (nSPS) is 18.6. The monoisotopic (exact) mass is 345 g/mol. The third kappa shape index (κ3) is 2.62. The van der Waals surface area contributed by atoms with Crippen LogP contribution in [0.25, 0.3) is 0 Å². The maximum atomic E-state index is 2.35. The second-order valence-corrected chi connectivity index (χ2v) is 9.24. The van der Waals surface area contributed by atoms with Crippen LogP contribution < -0.4 is 0 Å². The van der Waals surface area contributed by atoms with Crippen LogP contribution in [0.5, 0.6) is 0 Å². The average Bonchev–Trinajstić information content (AvgIpc) is 2.60. The molecule has 0 radical (unpaired) electrons. The van der Waals surface area contributed by atoms with E-state index in [4.69, 9.17) is 0 Å². The summed E-state index contributed by atoms with van der Waals surface area (Å²) in [5, 5.41) is 0. The predicted octanol–water partition coefficient (Wildman–Crippen LogP) is 6.16. The van der Waals surface area contributed by atoms with Gasteiger partial charge in [-0.25, -0.2) is 0 Å². The molecule has 1 heterocycles. The lowest BCUT2D eigenvalue weighted by Crippen LogP contribution is -2.22. The van der Waals surface area contributed by atoms with Crippen molar-refractivity contribution in [1.82, 2.24) is 0 Å². The molecule has 0 bridgehead atoms. The van der Waals surface area contributed by atoms with Crippen molar-refractivity contribution in [1.29, 1.82) is 0 Å². The Bertz CT molecular complexity index is 868. The van der Waals surface area contributed by atoms with Crippen LogP contribution in [0.2, 0.25) is 0 Å². The third-order valence-corrected chi connectivity index (χ3v) is 7.69. The predicted molar refractivity (Wildman–Crippen MR) is 109 cm³/mol. The molecule has 0 unspecified atom stereocenters. The van der Waals surface area contributed by atoms with E-state index >= 15 is 0 Å². The van der Waals surface area contributed by atoms with Crippen LogP contribution in [0.3, 0.4) is 0 Å². The van der Waals surface area contributed by atoms with E-state index in [1.54, 1.807) is 0 Å². The first kappa shape index (κ1) is 16.5. The van der Waals surface area contributed by atoms with Crippen LogP contribution >= 0.6 is 0 Å². The Kier molecular flexibility index (Phi) is 4.21. The fourth-order valence-corrected chi connectivity index (χ4v) is 6.73. The van der Waals surface area contributed by atoms with Gasteiger partial charge in [-0.15, -0.1) is 0 Å². The van der Waals surface area contributed by atoms with E-state index in [-0.39, 0.29) is 10.9 Å². The smallest absolute Gasteiger partial charge is 0.0616 e. The maximum Gasteiger partial charge on any atom is 0.164 e. The van der Waals surface area contributed by atoms with E-state index in [0.717, 1.165) is 0 Å². The molecule has 0 atom stereocenters. The van der Waals surface area contributed by atoms with E-state index < -0.39 is 0 Å². The Morgan fingerprint density at radius 3 is 1.72 bits per heavy atom. The summed E-state index contributed by atoms with van der Waals surface area (Å²) in [6.07, 6.45) is 0. The van der Waals surface area contributed by atoms with Gasteiger partial charge in [0.05, 0.1) is 10.9 Å². The van der Waals surface area contributed by atoms with E-state index in [9.17, 15) is 0 Å². The molecule has 0 saturated heterocycles. The van der Waals surface area contributed by atoms with Gasteiger partial charge in [0.1, 0.15) is 5.75 Å². The van der Waals surface area contributed by atoms with Crippen LogP contribution in [0, 0.1) is 20.8 Å². The van der Waals surface area contributed by atoms with Crippen LogP contribution in [-0.2, 0) is 10.9 Å². The highest BCUT2D eigenvalue weighted by Gasteiger charge is 2.40. The van der Waals surface area contributed by atoms with Gasteiger partial charge < -0.3 is 0 Å². The maximum absolute atomic E-state index is 2.35. The van der Waals surface area contributed by atoms with Crippen molar-refractivity contribution in [3.63, 3.8) is 0 Å². The molecule has 1 aliphatic heterocycles. The van der Waals surface area contributed by atoms with Gasteiger partial charge in [-0.2, -0.15) is 0 Å². The number of hydrogen-bond donors (Lipinski definition) is 0. The van der Waals surface area contributed by atoms with Crippen LogP contribution in [0.1, 0.15) is 46.2 Å². The summed E-state index contributed by atoms with van der Waals surface area (Å²) >= 11 is 0. The van der Waals surface area contributed by atoms with E-state index in [2.05, 4.69) is 88.4 Å². The van der Waals surface area contributed by atoms with Crippen molar-refractivity contribution in [2.75, 3.05) is 5.75 Å². The van der Waals surface area contributed by atoms with Crippen molar-refractivity contribution in [3.8, 4) is 0 Å². The van der Waals surface area contributed by atoms with Crippen LogP contribution in [-0.4, -0.2) is 5.75 Å². The Balaban J connectivity index is 2.05. The molecule has 0 aromatic heterocycles. The van der Waals surface area contributed by atoms with Gasteiger partial charge in [0.25, 0.3) is 0 Å². The summed E-state index contributed by atoms with van der Waals surface area (Å²) in [6.45, 7) is 9.06. The zero-order valence-electron chi connectivity index (χ0n) is 15.5. The largest absolute Gasteiger partial charge is 0.164 e. The fourth-order valence-electron chi connectivity index (χ4n) is 4.44. The van der Waals surface area contributed by atoms with Crippen molar-refractivity contribution < 1.29 is 0 Å².